The van der Waals surface area contributed by atoms with Crippen molar-refractivity contribution in [3.05, 3.63) is 76.3 Å². The van der Waals surface area contributed by atoms with Crippen LogP contribution in [-0.4, -0.2) is 11.7 Å². The van der Waals surface area contributed by atoms with Crippen LogP contribution in [0.5, 0.6) is 5.75 Å². The Morgan fingerprint density at radius 1 is 1.19 bits per heavy atom. The lowest BCUT2D eigenvalue weighted by Gasteiger charge is -2.25. The molecule has 0 saturated carbocycles. The van der Waals surface area contributed by atoms with Crippen molar-refractivity contribution >= 4 is 17.7 Å². The van der Waals surface area contributed by atoms with Gasteiger partial charge in [-0.3, -0.25) is 4.79 Å². The lowest BCUT2D eigenvalue weighted by Crippen LogP contribution is -2.30. The molecule has 0 radical (unpaired) electrons. The summed E-state index contributed by atoms with van der Waals surface area (Å²) in [4.78, 5) is 12.1. The molecule has 1 aliphatic rings. The lowest BCUT2D eigenvalue weighted by atomic mass is 9.87. The summed E-state index contributed by atoms with van der Waals surface area (Å²) >= 11 is 1.54. The first-order valence-electron chi connectivity index (χ1n) is 9.05. The molecule has 4 nitrogen and oxygen atoms in total. The van der Waals surface area contributed by atoms with Crippen molar-refractivity contribution in [1.82, 2.24) is 5.32 Å². The number of rotatable bonds is 7. The summed E-state index contributed by atoms with van der Waals surface area (Å²) in [6, 6.07) is 20.0. The number of hydrogen-bond donors (Lipinski definition) is 1. The molecule has 1 atom stereocenters. The normalized spacial score (nSPS) is 16.6. The quantitative estimate of drug-likeness (QED) is 0.755. The van der Waals surface area contributed by atoms with Crippen molar-refractivity contribution in [1.29, 1.82) is 5.26 Å². The highest BCUT2D eigenvalue weighted by Gasteiger charge is 2.29. The van der Waals surface area contributed by atoms with Crippen LogP contribution in [0.1, 0.15) is 36.8 Å². The van der Waals surface area contributed by atoms with Gasteiger partial charge in [0.15, 0.2) is 0 Å². The van der Waals surface area contributed by atoms with Gasteiger partial charge in [-0.05, 0) is 35.4 Å². The second-order valence-electron chi connectivity index (χ2n) is 6.35. The maximum absolute atomic E-state index is 12.1. The molecule has 2 aromatic rings. The van der Waals surface area contributed by atoms with E-state index in [2.05, 4.69) is 18.3 Å². The lowest BCUT2D eigenvalue weighted by molar-refractivity contribution is -0.120. The third-order valence-corrected chi connectivity index (χ3v) is 5.56. The molecule has 1 amide bonds. The number of nitrogens with zero attached hydrogens (tertiary/aromatic N) is 1. The Morgan fingerprint density at radius 2 is 1.93 bits per heavy atom. The predicted molar refractivity (Wildman–Crippen MR) is 108 cm³/mol. The van der Waals surface area contributed by atoms with Crippen molar-refractivity contribution in [2.24, 2.45) is 0 Å². The second-order valence-corrected chi connectivity index (χ2v) is 7.46. The molecule has 5 heteroatoms. The van der Waals surface area contributed by atoms with E-state index in [9.17, 15) is 10.1 Å². The number of amides is 1. The maximum atomic E-state index is 12.1. The van der Waals surface area contributed by atoms with Gasteiger partial charge in [0.2, 0.25) is 5.91 Å². The average Bonchev–Trinajstić information content (AvgIpc) is 2.71. The number of nitrogens with one attached hydrogen (secondary N) is 1. The maximum Gasteiger partial charge on any atom is 0.225 e. The van der Waals surface area contributed by atoms with Gasteiger partial charge < -0.3 is 10.1 Å². The van der Waals surface area contributed by atoms with Crippen molar-refractivity contribution in [3.63, 3.8) is 0 Å². The van der Waals surface area contributed by atoms with Gasteiger partial charge in [0.25, 0.3) is 0 Å². The van der Waals surface area contributed by atoms with Crippen LogP contribution >= 0.6 is 11.8 Å². The standard InChI is InChI=1S/C22H22N2O2S/c1-2-12-27-22-20(14-23)19(13-21(25)24-22)17-8-10-18(11-9-17)26-15-16-6-4-3-5-7-16/h3-11,19H,2,12-13,15H2,1H3,(H,24,25). The minimum Gasteiger partial charge on any atom is -0.489 e. The van der Waals surface area contributed by atoms with E-state index in [4.69, 9.17) is 4.74 Å². The van der Waals surface area contributed by atoms with Gasteiger partial charge in [-0.15, -0.1) is 11.8 Å². The van der Waals surface area contributed by atoms with Crippen LogP contribution < -0.4 is 10.1 Å². The Morgan fingerprint density at radius 3 is 2.59 bits per heavy atom. The fourth-order valence-electron chi connectivity index (χ4n) is 2.96. The molecule has 0 spiro atoms. The fourth-order valence-corrected chi connectivity index (χ4v) is 3.90. The zero-order valence-electron chi connectivity index (χ0n) is 15.3. The highest BCUT2D eigenvalue weighted by atomic mass is 32.2. The molecule has 0 aromatic heterocycles. The number of hydrogen-bond acceptors (Lipinski definition) is 4. The van der Waals surface area contributed by atoms with Gasteiger partial charge in [-0.1, -0.05) is 49.4 Å². The molecule has 2 aromatic carbocycles. The van der Waals surface area contributed by atoms with E-state index in [-0.39, 0.29) is 11.8 Å². The minimum absolute atomic E-state index is 0.0398. The van der Waals surface area contributed by atoms with E-state index in [0.717, 1.165) is 29.1 Å². The van der Waals surface area contributed by atoms with Gasteiger partial charge in [-0.2, -0.15) is 5.26 Å². The SMILES string of the molecule is CCCSC1=C(C#N)C(c2ccc(OCc3ccccc3)cc2)CC(=O)N1. The zero-order chi connectivity index (χ0) is 19.1. The van der Waals surface area contributed by atoms with Crippen molar-refractivity contribution < 1.29 is 9.53 Å². The van der Waals surface area contributed by atoms with E-state index in [1.807, 2.05) is 54.6 Å². The summed E-state index contributed by atoms with van der Waals surface area (Å²) in [5.41, 5.74) is 2.71. The zero-order valence-corrected chi connectivity index (χ0v) is 16.1. The minimum atomic E-state index is -0.203. The number of nitriles is 1. The smallest absolute Gasteiger partial charge is 0.225 e. The third kappa shape index (κ3) is 4.93. The van der Waals surface area contributed by atoms with Crippen LogP contribution in [0.25, 0.3) is 0 Å². The first-order valence-corrected chi connectivity index (χ1v) is 10.0. The second kappa shape index (κ2) is 9.29. The summed E-state index contributed by atoms with van der Waals surface area (Å²) < 4.78 is 5.82. The highest BCUT2D eigenvalue weighted by molar-refractivity contribution is 8.03. The highest BCUT2D eigenvalue weighted by Crippen LogP contribution is 2.36. The topological polar surface area (TPSA) is 62.1 Å². The monoisotopic (exact) mass is 378 g/mol. The summed E-state index contributed by atoms with van der Waals surface area (Å²) in [6.45, 7) is 2.59. The molecule has 0 bridgehead atoms. The number of benzene rings is 2. The van der Waals surface area contributed by atoms with Gasteiger partial charge in [-0.25, -0.2) is 0 Å². The van der Waals surface area contributed by atoms with E-state index in [1.165, 1.54) is 0 Å². The molecular formula is C22H22N2O2S. The molecule has 0 saturated heterocycles. The van der Waals surface area contributed by atoms with Crippen LogP contribution in [0.2, 0.25) is 0 Å². The first-order chi connectivity index (χ1) is 13.2. The van der Waals surface area contributed by atoms with Crippen LogP contribution in [0.15, 0.2) is 65.2 Å². The number of allylic oxidation sites excluding steroid dienone is 1. The van der Waals surface area contributed by atoms with Gasteiger partial charge in [0, 0.05) is 12.3 Å². The Kier molecular flexibility index (Phi) is 6.56. The largest absolute Gasteiger partial charge is 0.489 e. The summed E-state index contributed by atoms with van der Waals surface area (Å²) in [5.74, 6) is 1.40. The molecular weight excluding hydrogens is 356 g/mol. The van der Waals surface area contributed by atoms with E-state index < -0.39 is 0 Å². The number of ether oxygens (including phenoxy) is 1. The third-order valence-electron chi connectivity index (χ3n) is 4.34. The van der Waals surface area contributed by atoms with Gasteiger partial charge in [0.1, 0.15) is 12.4 Å². The Hall–Kier alpha value is -2.71. The molecule has 3 rings (SSSR count). The molecule has 1 N–H and O–H groups in total. The van der Waals surface area contributed by atoms with E-state index >= 15 is 0 Å². The van der Waals surface area contributed by atoms with Crippen molar-refractivity contribution in [2.45, 2.75) is 32.3 Å². The van der Waals surface area contributed by atoms with Crippen LogP contribution in [0, 0.1) is 11.3 Å². The molecule has 0 fully saturated rings. The van der Waals surface area contributed by atoms with Crippen LogP contribution in [0.3, 0.4) is 0 Å². The van der Waals surface area contributed by atoms with Gasteiger partial charge in [0.05, 0.1) is 16.7 Å². The molecule has 27 heavy (non-hydrogen) atoms. The molecule has 0 aliphatic carbocycles. The van der Waals surface area contributed by atoms with Gasteiger partial charge >= 0.3 is 0 Å². The molecule has 1 unspecified atom stereocenters. The van der Waals surface area contributed by atoms with Crippen molar-refractivity contribution in [2.75, 3.05) is 5.75 Å². The fraction of sp³-hybridized carbons (Fsp3) is 0.273. The number of carbonyl (C=O) groups excluding carboxylic acids is 1. The average molecular weight is 378 g/mol. The predicted octanol–water partition coefficient (Wildman–Crippen LogP) is 4.75. The number of thioether (sulfide) groups is 1. The van der Waals surface area contributed by atoms with Crippen LogP contribution in [0.4, 0.5) is 0 Å². The molecule has 1 heterocycles. The Balaban J connectivity index is 1.74. The number of carbonyl (C=O) groups is 1. The van der Waals surface area contributed by atoms with Crippen LogP contribution in [-0.2, 0) is 11.4 Å². The Bertz CT molecular complexity index is 854. The summed E-state index contributed by atoms with van der Waals surface area (Å²) in [5, 5.41) is 13.2. The Labute approximate surface area is 164 Å². The van der Waals surface area contributed by atoms with E-state index in [0.29, 0.717) is 23.6 Å². The van der Waals surface area contributed by atoms with Crippen molar-refractivity contribution in [3.8, 4) is 11.8 Å². The summed E-state index contributed by atoms with van der Waals surface area (Å²) in [6.07, 6.45) is 1.28. The van der Waals surface area contributed by atoms with E-state index in [1.54, 1.807) is 11.8 Å². The molecule has 1 aliphatic heterocycles. The molecule has 138 valence electrons. The summed E-state index contributed by atoms with van der Waals surface area (Å²) in [7, 11) is 0. The first kappa shape index (κ1) is 19.1.